The molecule has 0 spiro atoms. The van der Waals surface area contributed by atoms with Gasteiger partial charge in [-0.05, 0) is 61.4 Å². The number of rotatable bonds is 6. The lowest BCUT2D eigenvalue weighted by Crippen LogP contribution is -2.03. The Morgan fingerprint density at radius 3 is 2.61 bits per heavy atom. The molecule has 9 heteroatoms. The minimum absolute atomic E-state index is 0.260. The Labute approximate surface area is 221 Å². The number of fused-ring (bicyclic) bond motifs is 2. The molecule has 1 aliphatic carbocycles. The van der Waals surface area contributed by atoms with E-state index >= 15 is 0 Å². The summed E-state index contributed by atoms with van der Waals surface area (Å²) in [6.07, 6.45) is 2.11. The second-order valence-corrected chi connectivity index (χ2v) is 10.4. The molecule has 0 atom stereocenters. The Morgan fingerprint density at radius 1 is 1.06 bits per heavy atom. The summed E-state index contributed by atoms with van der Waals surface area (Å²) in [6, 6.07) is 16.3. The summed E-state index contributed by atoms with van der Waals surface area (Å²) in [7, 11) is 1.35. The summed E-state index contributed by atoms with van der Waals surface area (Å²) < 4.78 is 22.8. The van der Waals surface area contributed by atoms with Crippen LogP contribution >= 0.6 is 35.0 Å². The highest BCUT2D eigenvalue weighted by molar-refractivity contribution is 7.99. The molecule has 1 saturated carbocycles. The van der Waals surface area contributed by atoms with Crippen molar-refractivity contribution >= 4 is 40.9 Å². The largest absolute Gasteiger partial charge is 0.489 e. The average molecular weight is 540 g/mol. The molecule has 36 heavy (non-hydrogen) atoms. The molecule has 1 aromatic heterocycles. The van der Waals surface area contributed by atoms with Gasteiger partial charge in [-0.25, -0.2) is 4.79 Å². The summed E-state index contributed by atoms with van der Waals surface area (Å²) in [5.74, 6) is 2.74. The predicted octanol–water partition coefficient (Wildman–Crippen LogP) is 8.15. The average Bonchev–Trinajstić information content (AvgIpc) is 3.65. The second kappa shape index (κ2) is 9.39. The minimum Gasteiger partial charge on any atom is -0.489 e. The predicted molar refractivity (Wildman–Crippen MR) is 137 cm³/mol. The highest BCUT2D eigenvalue weighted by Gasteiger charge is 2.33. The lowest BCUT2D eigenvalue weighted by molar-refractivity contribution is 0.0600. The van der Waals surface area contributed by atoms with Crippen molar-refractivity contribution in [3.05, 3.63) is 81.5 Å². The molecule has 2 aliphatic rings. The van der Waals surface area contributed by atoms with Crippen LogP contribution < -0.4 is 9.47 Å². The molecule has 6 nitrogen and oxygen atoms in total. The van der Waals surface area contributed by atoms with Gasteiger partial charge in [0.2, 0.25) is 0 Å². The molecule has 0 N–H and O–H groups in total. The molecule has 1 fully saturated rings. The molecular formula is C27H19Cl2NO5S. The van der Waals surface area contributed by atoms with Crippen LogP contribution in [0.1, 0.15) is 40.4 Å². The monoisotopic (exact) mass is 539 g/mol. The van der Waals surface area contributed by atoms with Gasteiger partial charge in [-0.1, -0.05) is 46.2 Å². The summed E-state index contributed by atoms with van der Waals surface area (Å²) in [5, 5.41) is 5.34. The first-order chi connectivity index (χ1) is 17.5. The fourth-order valence-electron chi connectivity index (χ4n) is 4.10. The molecular weight excluding hydrogens is 521 g/mol. The lowest BCUT2D eigenvalue weighted by atomic mass is 10.0. The van der Waals surface area contributed by atoms with E-state index in [1.165, 1.54) is 7.11 Å². The van der Waals surface area contributed by atoms with Gasteiger partial charge in [0, 0.05) is 11.5 Å². The molecule has 6 rings (SSSR count). The number of aromatic nitrogens is 1. The summed E-state index contributed by atoms with van der Waals surface area (Å²) >= 11 is 14.5. The van der Waals surface area contributed by atoms with Gasteiger partial charge < -0.3 is 18.7 Å². The van der Waals surface area contributed by atoms with Crippen LogP contribution in [0.3, 0.4) is 0 Å². The van der Waals surface area contributed by atoms with Crippen LogP contribution in [0.5, 0.6) is 17.2 Å². The SMILES string of the molecule is COC(=O)c1ccc2c(c1)Oc1ccc(OCc3c(-c4c(Cl)cccc4Cl)noc3C3CC3)cc1S2. The third-order valence-electron chi connectivity index (χ3n) is 6.07. The first-order valence-corrected chi connectivity index (χ1v) is 12.9. The van der Waals surface area contributed by atoms with Gasteiger partial charge >= 0.3 is 5.97 Å². The van der Waals surface area contributed by atoms with Crippen molar-refractivity contribution in [1.29, 1.82) is 0 Å². The number of nitrogens with zero attached hydrogens (tertiary/aromatic N) is 1. The van der Waals surface area contributed by atoms with E-state index in [1.54, 1.807) is 42.1 Å². The van der Waals surface area contributed by atoms with E-state index in [1.807, 2.05) is 24.3 Å². The van der Waals surface area contributed by atoms with Crippen molar-refractivity contribution in [3.63, 3.8) is 0 Å². The Bertz CT molecular complexity index is 1480. The van der Waals surface area contributed by atoms with Gasteiger partial charge in [0.05, 0.1) is 38.1 Å². The molecule has 2 heterocycles. The summed E-state index contributed by atoms with van der Waals surface area (Å²) in [4.78, 5) is 13.7. The highest BCUT2D eigenvalue weighted by Crippen LogP contribution is 2.49. The zero-order valence-electron chi connectivity index (χ0n) is 19.0. The van der Waals surface area contributed by atoms with E-state index < -0.39 is 5.97 Å². The maximum Gasteiger partial charge on any atom is 0.337 e. The van der Waals surface area contributed by atoms with E-state index in [2.05, 4.69) is 5.16 Å². The van der Waals surface area contributed by atoms with Crippen molar-refractivity contribution in [2.24, 2.45) is 0 Å². The number of benzene rings is 3. The number of methoxy groups -OCH3 is 1. The molecule has 0 saturated heterocycles. The lowest BCUT2D eigenvalue weighted by Gasteiger charge is -2.20. The van der Waals surface area contributed by atoms with E-state index in [4.69, 9.17) is 41.9 Å². The van der Waals surface area contributed by atoms with E-state index in [9.17, 15) is 4.79 Å². The normalized spacial score (nSPS) is 14.0. The molecule has 0 amide bonds. The Hall–Kier alpha value is -3.13. The Kier molecular flexibility index (Phi) is 6.07. The third kappa shape index (κ3) is 4.32. The molecule has 0 bridgehead atoms. The molecule has 4 aromatic rings. The quantitative estimate of drug-likeness (QED) is 0.201. The first-order valence-electron chi connectivity index (χ1n) is 11.3. The Balaban J connectivity index is 1.26. The van der Waals surface area contributed by atoms with Crippen LogP contribution in [0, 0.1) is 0 Å². The number of esters is 1. The van der Waals surface area contributed by atoms with E-state index in [-0.39, 0.29) is 6.61 Å². The van der Waals surface area contributed by atoms with E-state index in [0.29, 0.717) is 50.0 Å². The van der Waals surface area contributed by atoms with Crippen molar-refractivity contribution in [2.75, 3.05) is 7.11 Å². The number of ether oxygens (including phenoxy) is 3. The van der Waals surface area contributed by atoms with Crippen LogP contribution in [0.15, 0.2) is 68.9 Å². The maximum absolute atomic E-state index is 11.9. The van der Waals surface area contributed by atoms with Gasteiger partial charge in [-0.15, -0.1) is 0 Å². The Morgan fingerprint density at radius 2 is 1.86 bits per heavy atom. The maximum atomic E-state index is 11.9. The highest BCUT2D eigenvalue weighted by atomic mass is 35.5. The van der Waals surface area contributed by atoms with Gasteiger partial charge in [0.15, 0.2) is 0 Å². The molecule has 3 aromatic carbocycles. The summed E-state index contributed by atoms with van der Waals surface area (Å²) in [6.45, 7) is 0.260. The second-order valence-electron chi connectivity index (χ2n) is 8.50. The molecule has 0 radical (unpaired) electrons. The zero-order valence-corrected chi connectivity index (χ0v) is 21.4. The van der Waals surface area contributed by atoms with Crippen LogP contribution in [0.2, 0.25) is 10.0 Å². The van der Waals surface area contributed by atoms with Crippen LogP contribution in [0.25, 0.3) is 11.3 Å². The number of carbonyl (C=O) groups is 1. The van der Waals surface area contributed by atoms with Gasteiger partial charge in [0.1, 0.15) is 35.3 Å². The molecule has 182 valence electrons. The number of carbonyl (C=O) groups excluding carboxylic acids is 1. The van der Waals surface area contributed by atoms with Crippen LogP contribution in [0.4, 0.5) is 0 Å². The van der Waals surface area contributed by atoms with Gasteiger partial charge in [-0.3, -0.25) is 0 Å². The number of halogens is 2. The topological polar surface area (TPSA) is 70.8 Å². The summed E-state index contributed by atoms with van der Waals surface area (Å²) in [5.41, 5.74) is 2.55. The first kappa shape index (κ1) is 23.3. The number of hydrogen-bond donors (Lipinski definition) is 0. The molecule has 1 aliphatic heterocycles. The van der Waals surface area contributed by atoms with Crippen LogP contribution in [-0.4, -0.2) is 18.2 Å². The van der Waals surface area contributed by atoms with Gasteiger partial charge in [-0.2, -0.15) is 0 Å². The van der Waals surface area contributed by atoms with Crippen molar-refractivity contribution < 1.29 is 23.5 Å². The smallest absolute Gasteiger partial charge is 0.337 e. The van der Waals surface area contributed by atoms with Crippen molar-refractivity contribution in [1.82, 2.24) is 5.16 Å². The van der Waals surface area contributed by atoms with E-state index in [0.717, 1.165) is 34.0 Å². The fraction of sp³-hybridized carbons (Fsp3) is 0.185. The molecule has 0 unspecified atom stereocenters. The van der Waals surface area contributed by atoms with Crippen LogP contribution in [-0.2, 0) is 11.3 Å². The number of hydrogen-bond acceptors (Lipinski definition) is 7. The zero-order chi connectivity index (χ0) is 24.8. The third-order valence-corrected chi connectivity index (χ3v) is 7.80. The minimum atomic E-state index is -0.405. The fourth-order valence-corrected chi connectivity index (χ4v) is 5.64. The standard InChI is InChI=1S/C27H19Cl2NO5S/c1-32-27(31)15-7-10-22-21(11-15)34-20-9-8-16(12-23(20)36-22)33-13-17-25(30-35-26(17)14-5-6-14)24-18(28)3-2-4-19(24)29/h2-4,7-12,14H,5-6,13H2,1H3. The van der Waals surface area contributed by atoms with Crippen molar-refractivity contribution in [3.8, 4) is 28.5 Å². The van der Waals surface area contributed by atoms with Crippen molar-refractivity contribution in [2.45, 2.75) is 35.2 Å². The van der Waals surface area contributed by atoms with Gasteiger partial charge in [0.25, 0.3) is 0 Å².